The van der Waals surface area contributed by atoms with Crippen molar-refractivity contribution in [1.82, 2.24) is 14.9 Å². The molecule has 23 heavy (non-hydrogen) atoms. The molecule has 0 spiro atoms. The first-order valence-electron chi connectivity index (χ1n) is 8.10. The lowest BCUT2D eigenvalue weighted by Crippen LogP contribution is -2.43. The minimum absolute atomic E-state index is 0.169. The molecule has 7 heteroatoms. The molecule has 122 valence electrons. The van der Waals surface area contributed by atoms with Crippen molar-refractivity contribution in [2.24, 2.45) is 5.92 Å². The van der Waals surface area contributed by atoms with Crippen molar-refractivity contribution in [2.75, 3.05) is 24.6 Å². The van der Waals surface area contributed by atoms with Crippen molar-refractivity contribution in [3.05, 3.63) is 10.4 Å². The van der Waals surface area contributed by atoms with Crippen molar-refractivity contribution in [1.29, 1.82) is 0 Å². The van der Waals surface area contributed by atoms with E-state index in [-0.39, 0.29) is 5.91 Å². The zero-order chi connectivity index (χ0) is 16.0. The summed E-state index contributed by atoms with van der Waals surface area (Å²) in [5.74, 6) is 1.86. The number of hydrogen-bond acceptors (Lipinski definition) is 6. The molecule has 0 saturated carbocycles. The zero-order valence-corrected chi connectivity index (χ0v) is 14.8. The highest BCUT2D eigenvalue weighted by molar-refractivity contribution is 7.99. The number of rotatable bonds is 3. The maximum Gasteiger partial charge on any atom is 0.233 e. The number of hydrogen-bond donors (Lipinski definition) is 1. The number of fused-ring (bicyclic) bond motifs is 3. The molecule has 1 fully saturated rings. The number of anilines is 1. The molecule has 5 nitrogen and oxygen atoms in total. The SMILES string of the molecule is C[C@H]1CCc2c(sc3nc(SCC(=O)N4CCC4)nc(N)c23)C1. The Morgan fingerprint density at radius 3 is 3.00 bits per heavy atom. The maximum absolute atomic E-state index is 12.0. The molecule has 1 saturated heterocycles. The van der Waals surface area contributed by atoms with Gasteiger partial charge in [-0.2, -0.15) is 0 Å². The maximum atomic E-state index is 12.0. The van der Waals surface area contributed by atoms with Gasteiger partial charge in [0.25, 0.3) is 0 Å². The number of aromatic nitrogens is 2. The number of nitrogens with two attached hydrogens (primary N) is 1. The van der Waals surface area contributed by atoms with Crippen molar-refractivity contribution in [3.63, 3.8) is 0 Å². The van der Waals surface area contributed by atoms with Crippen LogP contribution in [-0.4, -0.2) is 39.6 Å². The van der Waals surface area contributed by atoms with Gasteiger partial charge >= 0.3 is 0 Å². The Labute approximate surface area is 143 Å². The van der Waals surface area contributed by atoms with Crippen LogP contribution in [0.3, 0.4) is 0 Å². The Kier molecular flexibility index (Phi) is 3.93. The number of carbonyl (C=O) groups excluding carboxylic acids is 1. The fourth-order valence-electron chi connectivity index (χ4n) is 3.20. The van der Waals surface area contributed by atoms with Gasteiger partial charge in [0.2, 0.25) is 5.91 Å². The van der Waals surface area contributed by atoms with Gasteiger partial charge in [-0.1, -0.05) is 18.7 Å². The summed E-state index contributed by atoms with van der Waals surface area (Å²) in [5, 5.41) is 1.67. The van der Waals surface area contributed by atoms with Gasteiger partial charge < -0.3 is 10.6 Å². The predicted octanol–water partition coefficient (Wildman–Crippen LogP) is 2.72. The molecule has 0 radical (unpaired) electrons. The van der Waals surface area contributed by atoms with E-state index >= 15 is 0 Å². The van der Waals surface area contributed by atoms with E-state index in [2.05, 4.69) is 16.9 Å². The minimum atomic E-state index is 0.169. The van der Waals surface area contributed by atoms with Gasteiger partial charge in [-0.15, -0.1) is 11.3 Å². The molecule has 1 amide bonds. The standard InChI is InChI=1S/C16H20N4OS2/c1-9-3-4-10-11(7-9)23-15-13(10)14(17)18-16(19-15)22-8-12(21)20-5-2-6-20/h9H,2-8H2,1H3,(H2,17,18,19)/t9-/m0/s1. The first-order valence-corrected chi connectivity index (χ1v) is 9.90. The van der Waals surface area contributed by atoms with Crippen LogP contribution in [0.4, 0.5) is 5.82 Å². The molecule has 2 aromatic heterocycles. The fraction of sp³-hybridized carbons (Fsp3) is 0.562. The van der Waals surface area contributed by atoms with Crippen LogP contribution in [0, 0.1) is 5.92 Å². The molecule has 0 aromatic carbocycles. The first kappa shape index (κ1) is 15.2. The quantitative estimate of drug-likeness (QED) is 0.682. The van der Waals surface area contributed by atoms with Crippen molar-refractivity contribution in [3.8, 4) is 0 Å². The Hall–Kier alpha value is -1.34. The van der Waals surface area contributed by atoms with Crippen molar-refractivity contribution < 1.29 is 4.79 Å². The van der Waals surface area contributed by atoms with Crippen LogP contribution in [0.2, 0.25) is 0 Å². The van der Waals surface area contributed by atoms with E-state index in [9.17, 15) is 4.79 Å². The highest BCUT2D eigenvalue weighted by Gasteiger charge is 2.24. The summed E-state index contributed by atoms with van der Waals surface area (Å²) in [6, 6.07) is 0. The van der Waals surface area contributed by atoms with E-state index in [1.807, 2.05) is 4.90 Å². The van der Waals surface area contributed by atoms with E-state index in [0.29, 0.717) is 16.7 Å². The number of nitrogen functional groups attached to an aromatic ring is 1. The van der Waals surface area contributed by atoms with E-state index < -0.39 is 0 Å². The zero-order valence-electron chi connectivity index (χ0n) is 13.2. The first-order chi connectivity index (χ1) is 11.1. The smallest absolute Gasteiger partial charge is 0.233 e. The monoisotopic (exact) mass is 348 g/mol. The normalized spacial score (nSPS) is 20.4. The third-order valence-electron chi connectivity index (χ3n) is 4.70. The lowest BCUT2D eigenvalue weighted by Gasteiger charge is -2.30. The Morgan fingerprint density at radius 2 is 2.26 bits per heavy atom. The van der Waals surface area contributed by atoms with Crippen LogP contribution in [0.25, 0.3) is 10.2 Å². The van der Waals surface area contributed by atoms with Gasteiger partial charge in [-0.3, -0.25) is 4.79 Å². The van der Waals surface area contributed by atoms with E-state index in [0.717, 1.165) is 48.5 Å². The molecule has 4 rings (SSSR count). The van der Waals surface area contributed by atoms with E-state index in [1.54, 1.807) is 11.3 Å². The number of likely N-dealkylation sites (tertiary alicyclic amines) is 1. The third-order valence-corrected chi connectivity index (χ3v) is 6.68. The molecule has 1 atom stereocenters. The van der Waals surface area contributed by atoms with Crippen LogP contribution in [0.1, 0.15) is 30.2 Å². The highest BCUT2D eigenvalue weighted by Crippen LogP contribution is 2.39. The Morgan fingerprint density at radius 1 is 1.43 bits per heavy atom. The molecule has 1 aliphatic carbocycles. The van der Waals surface area contributed by atoms with Gasteiger partial charge in [0.15, 0.2) is 5.16 Å². The minimum Gasteiger partial charge on any atom is -0.383 e. The van der Waals surface area contributed by atoms with Crippen LogP contribution in [0.15, 0.2) is 5.16 Å². The Balaban J connectivity index is 1.58. The van der Waals surface area contributed by atoms with Gasteiger partial charge in [0.05, 0.1) is 11.1 Å². The van der Waals surface area contributed by atoms with Gasteiger partial charge in [-0.05, 0) is 37.2 Å². The van der Waals surface area contributed by atoms with Gasteiger partial charge in [0.1, 0.15) is 10.6 Å². The van der Waals surface area contributed by atoms with E-state index in [4.69, 9.17) is 5.73 Å². The molecule has 0 bridgehead atoms. The van der Waals surface area contributed by atoms with Gasteiger partial charge in [-0.25, -0.2) is 9.97 Å². The largest absolute Gasteiger partial charge is 0.383 e. The fourth-order valence-corrected chi connectivity index (χ4v) is 5.40. The second-order valence-electron chi connectivity index (χ2n) is 6.45. The van der Waals surface area contributed by atoms with Crippen LogP contribution in [0.5, 0.6) is 0 Å². The predicted molar refractivity (Wildman–Crippen MR) is 94.9 cm³/mol. The summed E-state index contributed by atoms with van der Waals surface area (Å²) in [5.41, 5.74) is 7.57. The lowest BCUT2D eigenvalue weighted by molar-refractivity contribution is -0.131. The number of carbonyl (C=O) groups is 1. The lowest BCUT2D eigenvalue weighted by atomic mass is 9.89. The third kappa shape index (κ3) is 2.80. The number of aryl methyl sites for hydroxylation is 1. The van der Waals surface area contributed by atoms with E-state index in [1.165, 1.54) is 28.6 Å². The molecule has 3 heterocycles. The summed E-state index contributed by atoms with van der Waals surface area (Å²) in [6.07, 6.45) is 4.51. The molecule has 2 N–H and O–H groups in total. The average Bonchev–Trinajstić information content (AvgIpc) is 2.80. The summed E-state index contributed by atoms with van der Waals surface area (Å²) in [7, 11) is 0. The number of nitrogens with zero attached hydrogens (tertiary/aromatic N) is 3. The molecule has 1 aliphatic heterocycles. The molecule has 2 aliphatic rings. The molecule has 0 unspecified atom stereocenters. The summed E-state index contributed by atoms with van der Waals surface area (Å²) in [6.45, 7) is 4.07. The summed E-state index contributed by atoms with van der Waals surface area (Å²) >= 11 is 3.14. The van der Waals surface area contributed by atoms with Crippen LogP contribution in [-0.2, 0) is 17.6 Å². The summed E-state index contributed by atoms with van der Waals surface area (Å²) < 4.78 is 0. The van der Waals surface area contributed by atoms with Crippen LogP contribution < -0.4 is 5.73 Å². The van der Waals surface area contributed by atoms with Gasteiger partial charge in [0, 0.05) is 18.0 Å². The highest BCUT2D eigenvalue weighted by atomic mass is 32.2. The van der Waals surface area contributed by atoms with Crippen molar-refractivity contribution in [2.45, 2.75) is 37.8 Å². The number of amides is 1. The molecular weight excluding hydrogens is 328 g/mol. The topological polar surface area (TPSA) is 72.1 Å². The second kappa shape index (κ2) is 5.94. The van der Waals surface area contributed by atoms with Crippen LogP contribution >= 0.6 is 23.1 Å². The Bertz CT molecular complexity index is 769. The second-order valence-corrected chi connectivity index (χ2v) is 8.47. The number of thiophene rings is 1. The summed E-state index contributed by atoms with van der Waals surface area (Å²) in [4.78, 5) is 25.3. The molecule has 2 aromatic rings. The number of thioether (sulfide) groups is 1. The molecular formula is C16H20N4OS2. The van der Waals surface area contributed by atoms with Crippen molar-refractivity contribution >= 4 is 45.0 Å². The average molecular weight is 348 g/mol.